The lowest BCUT2D eigenvalue weighted by Crippen LogP contribution is -1.99. The molecule has 6 heteroatoms. The minimum atomic E-state index is -1.19. The Balaban J connectivity index is 1.68. The molecule has 2 aromatic carbocycles. The lowest BCUT2D eigenvalue weighted by molar-refractivity contribution is 0.694. The third-order valence-electron chi connectivity index (χ3n) is 3.32. The van der Waals surface area contributed by atoms with Crippen molar-refractivity contribution in [1.82, 2.24) is 4.98 Å². The zero-order valence-corrected chi connectivity index (χ0v) is 15.0. The van der Waals surface area contributed by atoms with E-state index in [0.717, 1.165) is 5.56 Å². The van der Waals surface area contributed by atoms with Gasteiger partial charge in [-0.25, -0.2) is 9.19 Å². The topological polar surface area (TPSA) is 42.0 Å². The molecule has 1 N–H and O–H groups in total. The first-order valence-electron chi connectivity index (χ1n) is 7.08. The highest BCUT2D eigenvalue weighted by Gasteiger charge is 2.07. The van der Waals surface area contributed by atoms with Crippen molar-refractivity contribution < 1.29 is 4.21 Å². The molecule has 1 atom stereocenters. The van der Waals surface area contributed by atoms with E-state index in [1.807, 2.05) is 23.6 Å². The Labute approximate surface area is 146 Å². The highest BCUT2D eigenvalue weighted by atomic mass is 33.1. The molecule has 1 unspecified atom stereocenters. The monoisotopic (exact) mass is 360 g/mol. The van der Waals surface area contributed by atoms with E-state index >= 15 is 0 Å². The van der Waals surface area contributed by atoms with Crippen LogP contribution < -0.4 is 4.72 Å². The number of hydrogen-bond acceptors (Lipinski definition) is 4. The van der Waals surface area contributed by atoms with Crippen LogP contribution in [0.5, 0.6) is 0 Å². The van der Waals surface area contributed by atoms with Crippen LogP contribution in [0.15, 0.2) is 60.1 Å². The van der Waals surface area contributed by atoms with Crippen molar-refractivity contribution in [3.05, 3.63) is 71.2 Å². The SMILES string of the molecule is Cc1ccc(CSS(=O)Nc2nccs2)cc1-c1ccccc1. The zero-order chi connectivity index (χ0) is 16.1. The van der Waals surface area contributed by atoms with Crippen LogP contribution in [-0.4, -0.2) is 9.19 Å². The van der Waals surface area contributed by atoms with Gasteiger partial charge < -0.3 is 0 Å². The molecule has 0 amide bonds. The minimum absolute atomic E-state index is 0.685. The van der Waals surface area contributed by atoms with Gasteiger partial charge in [0.15, 0.2) is 15.1 Å². The summed E-state index contributed by atoms with van der Waals surface area (Å²) in [4.78, 5) is 4.08. The summed E-state index contributed by atoms with van der Waals surface area (Å²) in [6.07, 6.45) is 1.70. The van der Waals surface area contributed by atoms with E-state index in [0.29, 0.717) is 10.9 Å². The highest BCUT2D eigenvalue weighted by molar-refractivity contribution is 8.69. The van der Waals surface area contributed by atoms with Crippen LogP contribution in [0.1, 0.15) is 11.1 Å². The molecule has 0 saturated carbocycles. The number of hydrogen-bond donors (Lipinski definition) is 1. The van der Waals surface area contributed by atoms with Crippen LogP contribution >= 0.6 is 22.1 Å². The molecule has 3 rings (SSSR count). The quantitative estimate of drug-likeness (QED) is 0.626. The number of nitrogens with one attached hydrogen (secondary N) is 1. The fourth-order valence-electron chi connectivity index (χ4n) is 2.18. The van der Waals surface area contributed by atoms with Crippen molar-refractivity contribution in [1.29, 1.82) is 0 Å². The van der Waals surface area contributed by atoms with Crippen LogP contribution in [0.2, 0.25) is 0 Å². The third kappa shape index (κ3) is 4.43. The molecule has 3 aromatic rings. The smallest absolute Gasteiger partial charge is 0.195 e. The number of rotatable bonds is 6. The van der Waals surface area contributed by atoms with E-state index in [1.165, 1.54) is 38.8 Å². The number of benzene rings is 2. The average molecular weight is 361 g/mol. The van der Waals surface area contributed by atoms with E-state index in [2.05, 4.69) is 47.0 Å². The summed E-state index contributed by atoms with van der Waals surface area (Å²) in [6.45, 7) is 2.11. The van der Waals surface area contributed by atoms with Crippen LogP contribution in [0.25, 0.3) is 11.1 Å². The molecular formula is C17H16N2OS3. The van der Waals surface area contributed by atoms with Crippen LogP contribution in [0, 0.1) is 6.92 Å². The molecule has 0 aliphatic rings. The molecular weight excluding hydrogens is 344 g/mol. The van der Waals surface area contributed by atoms with Crippen LogP contribution in [0.4, 0.5) is 5.13 Å². The molecule has 3 nitrogen and oxygen atoms in total. The second-order valence-electron chi connectivity index (χ2n) is 4.95. The van der Waals surface area contributed by atoms with Gasteiger partial charge in [0.25, 0.3) is 0 Å². The van der Waals surface area contributed by atoms with E-state index in [1.54, 1.807) is 6.20 Å². The number of nitrogens with zero attached hydrogens (tertiary/aromatic N) is 1. The van der Waals surface area contributed by atoms with Gasteiger partial charge in [0, 0.05) is 17.3 Å². The Hall–Kier alpha value is -1.63. The van der Waals surface area contributed by atoms with Gasteiger partial charge in [0.2, 0.25) is 0 Å². The summed E-state index contributed by atoms with van der Waals surface area (Å²) in [7, 11) is 0.174. The number of anilines is 1. The van der Waals surface area contributed by atoms with Crippen molar-refractivity contribution in [2.24, 2.45) is 0 Å². The average Bonchev–Trinajstić information content (AvgIpc) is 3.08. The summed E-state index contributed by atoms with van der Waals surface area (Å²) >= 11 is 1.45. The predicted octanol–water partition coefficient (Wildman–Crippen LogP) is 5.04. The Morgan fingerprint density at radius 2 is 2.04 bits per heavy atom. The van der Waals surface area contributed by atoms with E-state index in [9.17, 15) is 4.21 Å². The van der Waals surface area contributed by atoms with Gasteiger partial charge in [-0.3, -0.25) is 4.72 Å². The lowest BCUT2D eigenvalue weighted by atomic mass is 9.99. The first kappa shape index (κ1) is 16.2. The molecule has 23 heavy (non-hydrogen) atoms. The fraction of sp³-hybridized carbons (Fsp3) is 0.118. The van der Waals surface area contributed by atoms with E-state index < -0.39 is 10.0 Å². The van der Waals surface area contributed by atoms with Crippen LogP contribution in [0.3, 0.4) is 0 Å². The van der Waals surface area contributed by atoms with Gasteiger partial charge in [-0.15, -0.1) is 11.3 Å². The third-order valence-corrected chi connectivity index (χ3v) is 6.41. The second-order valence-corrected chi connectivity index (χ2v) is 8.66. The summed E-state index contributed by atoms with van der Waals surface area (Å²) in [6, 6.07) is 16.7. The van der Waals surface area contributed by atoms with Crippen molar-refractivity contribution >= 4 is 37.3 Å². The van der Waals surface area contributed by atoms with Crippen molar-refractivity contribution in [2.75, 3.05) is 4.72 Å². The lowest BCUT2D eigenvalue weighted by Gasteiger charge is -2.09. The standard InChI is InChI=1S/C17H16N2OS3/c1-13-7-8-14(11-16(13)15-5-3-2-4-6-15)12-22-23(20)19-17-18-9-10-21-17/h2-11H,12H2,1H3,(H,18,19). The van der Waals surface area contributed by atoms with Crippen molar-refractivity contribution in [3.8, 4) is 11.1 Å². The highest BCUT2D eigenvalue weighted by Crippen LogP contribution is 2.27. The molecule has 0 spiro atoms. The maximum absolute atomic E-state index is 12.0. The molecule has 0 bridgehead atoms. The first-order chi connectivity index (χ1) is 11.2. The molecule has 0 radical (unpaired) electrons. The zero-order valence-electron chi connectivity index (χ0n) is 12.6. The fourth-order valence-corrected chi connectivity index (χ4v) is 4.95. The van der Waals surface area contributed by atoms with Gasteiger partial charge >= 0.3 is 0 Å². The maximum Gasteiger partial charge on any atom is 0.195 e. The normalized spacial score (nSPS) is 12.0. The summed E-state index contributed by atoms with van der Waals surface area (Å²) in [5.41, 5.74) is 4.84. The molecule has 1 heterocycles. The molecule has 0 saturated heterocycles. The van der Waals surface area contributed by atoms with Gasteiger partial charge in [0.1, 0.15) is 0 Å². The van der Waals surface area contributed by atoms with E-state index in [4.69, 9.17) is 0 Å². The minimum Gasteiger partial charge on any atom is -0.272 e. The largest absolute Gasteiger partial charge is 0.272 e. The molecule has 1 aromatic heterocycles. The second kappa shape index (κ2) is 7.77. The summed E-state index contributed by atoms with van der Waals surface area (Å²) < 4.78 is 14.9. The van der Waals surface area contributed by atoms with Crippen molar-refractivity contribution in [3.63, 3.8) is 0 Å². The Morgan fingerprint density at radius 1 is 1.22 bits per heavy atom. The van der Waals surface area contributed by atoms with Gasteiger partial charge in [-0.1, -0.05) is 48.5 Å². The first-order valence-corrected chi connectivity index (χ1v) is 10.6. The van der Waals surface area contributed by atoms with Gasteiger partial charge in [0.05, 0.1) is 0 Å². The van der Waals surface area contributed by atoms with E-state index in [-0.39, 0.29) is 0 Å². The van der Waals surface area contributed by atoms with Crippen LogP contribution in [-0.2, 0) is 15.8 Å². The summed E-state index contributed by atoms with van der Waals surface area (Å²) in [5, 5.41) is 2.54. The Bertz CT molecular complexity index is 789. The molecule has 0 aliphatic carbocycles. The van der Waals surface area contributed by atoms with Gasteiger partial charge in [-0.05, 0) is 40.0 Å². The number of aromatic nitrogens is 1. The maximum atomic E-state index is 12.0. The summed E-state index contributed by atoms with van der Waals surface area (Å²) in [5.74, 6) is 0.686. The van der Waals surface area contributed by atoms with Gasteiger partial charge in [-0.2, -0.15) is 0 Å². The number of thiazole rings is 1. The Morgan fingerprint density at radius 3 is 2.78 bits per heavy atom. The van der Waals surface area contributed by atoms with Crippen molar-refractivity contribution in [2.45, 2.75) is 12.7 Å². The Kier molecular flexibility index (Phi) is 5.48. The predicted molar refractivity (Wildman–Crippen MR) is 102 cm³/mol. The molecule has 118 valence electrons. The molecule has 0 aliphatic heterocycles. The number of aryl methyl sites for hydroxylation is 1. The molecule has 0 fully saturated rings.